The predicted molar refractivity (Wildman–Crippen MR) is 91.1 cm³/mol. The fourth-order valence-corrected chi connectivity index (χ4v) is 2.19. The van der Waals surface area contributed by atoms with Gasteiger partial charge in [-0.25, -0.2) is 14.5 Å². The zero-order valence-electron chi connectivity index (χ0n) is 13.5. The second kappa shape index (κ2) is 7.43. The van der Waals surface area contributed by atoms with Crippen molar-refractivity contribution in [1.82, 2.24) is 19.7 Å². The Kier molecular flexibility index (Phi) is 4.89. The molecule has 0 aliphatic heterocycles. The number of carbonyl (C=O) groups excluding carboxylic acids is 1. The molecule has 2 aromatic heterocycles. The van der Waals surface area contributed by atoms with Gasteiger partial charge in [0.2, 0.25) is 0 Å². The van der Waals surface area contributed by atoms with Gasteiger partial charge in [-0.2, -0.15) is 5.10 Å². The number of benzene rings is 1. The number of imidazole rings is 1. The van der Waals surface area contributed by atoms with E-state index < -0.39 is 5.97 Å². The Hall–Kier alpha value is -3.42. The van der Waals surface area contributed by atoms with Crippen molar-refractivity contribution in [1.29, 1.82) is 0 Å². The van der Waals surface area contributed by atoms with E-state index in [0.29, 0.717) is 29.9 Å². The highest BCUT2D eigenvalue weighted by Crippen LogP contribution is 2.13. The first kappa shape index (κ1) is 16.4. The number of carbonyl (C=O) groups is 1. The lowest BCUT2D eigenvalue weighted by Gasteiger charge is -2.07. The fourth-order valence-electron chi connectivity index (χ4n) is 2.19. The van der Waals surface area contributed by atoms with Crippen molar-refractivity contribution in [3.8, 4) is 5.75 Å². The van der Waals surface area contributed by atoms with E-state index in [9.17, 15) is 9.59 Å². The van der Waals surface area contributed by atoms with Crippen LogP contribution in [0.2, 0.25) is 0 Å². The maximum Gasteiger partial charge on any atom is 0.330 e. The number of esters is 1. The van der Waals surface area contributed by atoms with Gasteiger partial charge in [-0.05, 0) is 23.8 Å². The number of aromatic nitrogens is 4. The van der Waals surface area contributed by atoms with Gasteiger partial charge >= 0.3 is 5.97 Å². The van der Waals surface area contributed by atoms with E-state index in [1.165, 1.54) is 24.2 Å². The molecule has 25 heavy (non-hydrogen) atoms. The molecule has 128 valence electrons. The monoisotopic (exact) mass is 340 g/mol. The zero-order chi connectivity index (χ0) is 17.6. The first-order valence-corrected chi connectivity index (χ1v) is 7.55. The normalized spacial score (nSPS) is 11.1. The van der Waals surface area contributed by atoms with Crippen molar-refractivity contribution in [3.63, 3.8) is 0 Å². The van der Waals surface area contributed by atoms with Crippen molar-refractivity contribution in [2.24, 2.45) is 0 Å². The van der Waals surface area contributed by atoms with Crippen molar-refractivity contribution in [2.75, 3.05) is 13.7 Å². The highest BCUT2D eigenvalue weighted by atomic mass is 16.5. The molecular formula is C17H16N4O4. The third-order valence-corrected chi connectivity index (χ3v) is 3.50. The van der Waals surface area contributed by atoms with Crippen LogP contribution >= 0.6 is 0 Å². The molecule has 8 nitrogen and oxygen atoms in total. The number of H-pyrrole nitrogens is 1. The van der Waals surface area contributed by atoms with Crippen LogP contribution in [0.4, 0.5) is 0 Å². The third-order valence-electron chi connectivity index (χ3n) is 3.50. The molecule has 0 aliphatic rings. The predicted octanol–water partition coefficient (Wildman–Crippen LogP) is 1.38. The standard InChI is InChI=1S/C17H16N4O4/c1-24-15(22)7-4-12-2-5-13(6-3-12)25-9-8-21-17(23)16-14(10-20-21)18-11-19-16/h2-7,10-11H,8-9H2,1H3,(H,18,19)/b7-4+. The van der Waals surface area contributed by atoms with Crippen LogP contribution in [-0.2, 0) is 16.1 Å². The Bertz CT molecular complexity index is 957. The van der Waals surface area contributed by atoms with Crippen molar-refractivity contribution in [2.45, 2.75) is 6.54 Å². The summed E-state index contributed by atoms with van der Waals surface area (Å²) in [6, 6.07) is 7.19. The molecule has 3 rings (SSSR count). The average molecular weight is 340 g/mol. The quantitative estimate of drug-likeness (QED) is 0.538. The molecule has 0 saturated carbocycles. The molecule has 0 atom stereocenters. The molecule has 0 bridgehead atoms. The van der Waals surface area contributed by atoms with Gasteiger partial charge in [-0.1, -0.05) is 12.1 Å². The maximum atomic E-state index is 12.1. The van der Waals surface area contributed by atoms with Crippen LogP contribution in [-0.4, -0.2) is 39.4 Å². The smallest absolute Gasteiger partial charge is 0.330 e. The minimum absolute atomic E-state index is 0.259. The van der Waals surface area contributed by atoms with Crippen LogP contribution < -0.4 is 10.3 Å². The SMILES string of the molecule is COC(=O)/C=C/c1ccc(OCCn2ncc3[nH]cnc3c2=O)cc1. The first-order valence-electron chi connectivity index (χ1n) is 7.55. The number of hydrogen-bond donors (Lipinski definition) is 1. The fraction of sp³-hybridized carbons (Fsp3) is 0.176. The van der Waals surface area contributed by atoms with Crippen molar-refractivity contribution >= 4 is 23.1 Å². The van der Waals surface area contributed by atoms with Gasteiger partial charge in [0.25, 0.3) is 5.56 Å². The molecule has 1 aromatic carbocycles. The lowest BCUT2D eigenvalue weighted by Crippen LogP contribution is -2.25. The van der Waals surface area contributed by atoms with Crippen molar-refractivity contribution in [3.05, 3.63) is 58.8 Å². The number of ether oxygens (including phenoxy) is 2. The summed E-state index contributed by atoms with van der Waals surface area (Å²) in [5, 5.41) is 4.07. The number of hydrogen-bond acceptors (Lipinski definition) is 6. The average Bonchev–Trinajstić information content (AvgIpc) is 3.12. The number of methoxy groups -OCH3 is 1. The molecule has 0 saturated heterocycles. The van der Waals surface area contributed by atoms with Gasteiger partial charge in [-0.15, -0.1) is 0 Å². The molecule has 0 amide bonds. The van der Waals surface area contributed by atoms with Crippen LogP contribution in [0.3, 0.4) is 0 Å². The van der Waals surface area contributed by atoms with Crippen LogP contribution in [0.5, 0.6) is 5.75 Å². The summed E-state index contributed by atoms with van der Waals surface area (Å²) in [6.07, 6.45) is 6.02. The Morgan fingerprint density at radius 2 is 2.12 bits per heavy atom. The van der Waals surface area contributed by atoms with E-state index in [1.807, 2.05) is 12.1 Å². The molecule has 0 spiro atoms. The molecule has 0 fully saturated rings. The molecule has 1 N–H and O–H groups in total. The highest BCUT2D eigenvalue weighted by molar-refractivity contribution is 5.86. The lowest BCUT2D eigenvalue weighted by atomic mass is 10.2. The van der Waals surface area contributed by atoms with E-state index in [2.05, 4.69) is 19.8 Å². The Balaban J connectivity index is 1.58. The van der Waals surface area contributed by atoms with Gasteiger partial charge in [0, 0.05) is 6.08 Å². The summed E-state index contributed by atoms with van der Waals surface area (Å²) < 4.78 is 11.5. The molecular weight excluding hydrogens is 324 g/mol. The molecule has 0 unspecified atom stereocenters. The molecule has 0 aliphatic carbocycles. The summed E-state index contributed by atoms with van der Waals surface area (Å²) in [4.78, 5) is 30.0. The second-order valence-electron chi connectivity index (χ2n) is 5.11. The number of fused-ring (bicyclic) bond motifs is 1. The Labute approximate surface area is 142 Å². The highest BCUT2D eigenvalue weighted by Gasteiger charge is 2.06. The maximum absolute atomic E-state index is 12.1. The van der Waals surface area contributed by atoms with E-state index in [-0.39, 0.29) is 5.56 Å². The van der Waals surface area contributed by atoms with Gasteiger partial charge in [0.1, 0.15) is 12.4 Å². The van der Waals surface area contributed by atoms with Crippen LogP contribution in [0, 0.1) is 0 Å². The van der Waals surface area contributed by atoms with E-state index in [0.717, 1.165) is 5.56 Å². The second-order valence-corrected chi connectivity index (χ2v) is 5.11. The number of aromatic amines is 1. The number of rotatable bonds is 6. The molecule has 3 aromatic rings. The van der Waals surface area contributed by atoms with Gasteiger partial charge in [0.05, 0.1) is 31.7 Å². The number of nitrogens with zero attached hydrogens (tertiary/aromatic N) is 3. The summed E-state index contributed by atoms with van der Waals surface area (Å²) >= 11 is 0. The van der Waals surface area contributed by atoms with Crippen LogP contribution in [0.1, 0.15) is 5.56 Å². The topological polar surface area (TPSA) is 99.1 Å². The summed E-state index contributed by atoms with van der Waals surface area (Å²) in [5.41, 5.74) is 1.56. The van der Waals surface area contributed by atoms with Crippen LogP contribution in [0.15, 0.2) is 47.7 Å². The molecule has 8 heteroatoms. The van der Waals surface area contributed by atoms with Gasteiger partial charge in [0.15, 0.2) is 5.52 Å². The molecule has 0 radical (unpaired) electrons. The van der Waals surface area contributed by atoms with Gasteiger partial charge < -0.3 is 14.5 Å². The van der Waals surface area contributed by atoms with E-state index in [1.54, 1.807) is 24.4 Å². The molecule has 2 heterocycles. The first-order chi connectivity index (χ1) is 12.2. The summed E-state index contributed by atoms with van der Waals surface area (Å²) in [7, 11) is 1.33. The number of nitrogens with one attached hydrogen (secondary N) is 1. The van der Waals surface area contributed by atoms with Gasteiger partial charge in [-0.3, -0.25) is 4.79 Å². The van der Waals surface area contributed by atoms with E-state index >= 15 is 0 Å². The third kappa shape index (κ3) is 3.92. The minimum atomic E-state index is -0.410. The Morgan fingerprint density at radius 1 is 1.32 bits per heavy atom. The zero-order valence-corrected chi connectivity index (χ0v) is 13.5. The van der Waals surface area contributed by atoms with E-state index in [4.69, 9.17) is 4.74 Å². The summed E-state index contributed by atoms with van der Waals surface area (Å²) in [6.45, 7) is 0.603. The van der Waals surface area contributed by atoms with Crippen LogP contribution in [0.25, 0.3) is 17.1 Å². The Morgan fingerprint density at radius 3 is 2.88 bits per heavy atom. The van der Waals surface area contributed by atoms with Crippen molar-refractivity contribution < 1.29 is 14.3 Å². The summed E-state index contributed by atoms with van der Waals surface area (Å²) in [5.74, 6) is 0.247. The largest absolute Gasteiger partial charge is 0.492 e. The lowest BCUT2D eigenvalue weighted by molar-refractivity contribution is -0.134. The minimum Gasteiger partial charge on any atom is -0.492 e.